The number of carbonyl (C=O) groups is 3. The molecular formula is C19H34O11. The molecule has 1 saturated heterocycles. The maximum Gasteiger partial charge on any atom is 0.336 e. The van der Waals surface area contributed by atoms with Crippen LogP contribution in [0.4, 0.5) is 0 Å². The number of aliphatic carboxylic acids is 3. The summed E-state index contributed by atoms with van der Waals surface area (Å²) in [5, 5.41) is 33.8. The SMILES string of the molecule is CCCCOCCOCCOCC1CCCO1.O=C(O)CC(O)(CC(=O)O)C(=O)O. The Kier molecular flexibility index (Phi) is 15.9. The van der Waals surface area contributed by atoms with Crippen molar-refractivity contribution in [2.75, 3.05) is 46.2 Å². The summed E-state index contributed by atoms with van der Waals surface area (Å²) in [5.74, 6) is -5.02. The van der Waals surface area contributed by atoms with Crippen molar-refractivity contribution in [1.82, 2.24) is 0 Å². The summed E-state index contributed by atoms with van der Waals surface area (Å²) in [6, 6.07) is 0. The third kappa shape index (κ3) is 15.1. The maximum absolute atomic E-state index is 10.3. The van der Waals surface area contributed by atoms with E-state index < -0.39 is 36.4 Å². The van der Waals surface area contributed by atoms with Crippen LogP contribution >= 0.6 is 0 Å². The highest BCUT2D eigenvalue weighted by Gasteiger charge is 2.40. The maximum atomic E-state index is 10.3. The van der Waals surface area contributed by atoms with Gasteiger partial charge in [-0.1, -0.05) is 13.3 Å². The third-order valence-electron chi connectivity index (χ3n) is 4.00. The fourth-order valence-corrected chi connectivity index (χ4v) is 2.39. The van der Waals surface area contributed by atoms with E-state index in [1.54, 1.807) is 0 Å². The average Bonchev–Trinajstić information content (AvgIpc) is 3.16. The van der Waals surface area contributed by atoms with Gasteiger partial charge in [-0.15, -0.1) is 0 Å². The number of ether oxygens (including phenoxy) is 4. The molecule has 11 heteroatoms. The molecule has 0 aromatic rings. The quantitative estimate of drug-likeness (QED) is 0.251. The first kappa shape index (κ1) is 28.2. The Hall–Kier alpha value is -1.79. The fourth-order valence-electron chi connectivity index (χ4n) is 2.39. The summed E-state index contributed by atoms with van der Waals surface area (Å²) in [6.07, 6.45) is 2.63. The molecule has 11 nitrogen and oxygen atoms in total. The number of unbranched alkanes of at least 4 members (excludes halogenated alkanes) is 1. The molecule has 1 unspecified atom stereocenters. The van der Waals surface area contributed by atoms with Crippen molar-refractivity contribution in [3.63, 3.8) is 0 Å². The zero-order valence-corrected chi connectivity index (χ0v) is 17.4. The second kappa shape index (κ2) is 16.9. The van der Waals surface area contributed by atoms with Gasteiger partial charge in [-0.05, 0) is 19.3 Å². The van der Waals surface area contributed by atoms with E-state index in [1.165, 1.54) is 12.8 Å². The highest BCUT2D eigenvalue weighted by molar-refractivity contribution is 5.88. The first-order valence-corrected chi connectivity index (χ1v) is 9.95. The lowest BCUT2D eigenvalue weighted by Gasteiger charge is -2.18. The van der Waals surface area contributed by atoms with Crippen LogP contribution in [0.5, 0.6) is 0 Å². The van der Waals surface area contributed by atoms with Crippen LogP contribution in [0, 0.1) is 0 Å². The van der Waals surface area contributed by atoms with E-state index in [-0.39, 0.29) is 0 Å². The molecule has 4 N–H and O–H groups in total. The van der Waals surface area contributed by atoms with Crippen LogP contribution < -0.4 is 0 Å². The summed E-state index contributed by atoms with van der Waals surface area (Å²) < 4.78 is 21.7. The number of aliphatic hydroxyl groups is 1. The van der Waals surface area contributed by atoms with Crippen molar-refractivity contribution in [3.8, 4) is 0 Å². The first-order valence-electron chi connectivity index (χ1n) is 9.95. The fraction of sp³-hybridized carbons (Fsp3) is 0.842. The Bertz CT molecular complexity index is 473. The van der Waals surface area contributed by atoms with E-state index in [9.17, 15) is 14.4 Å². The molecule has 30 heavy (non-hydrogen) atoms. The van der Waals surface area contributed by atoms with Crippen molar-refractivity contribution in [1.29, 1.82) is 0 Å². The van der Waals surface area contributed by atoms with Crippen LogP contribution in [0.25, 0.3) is 0 Å². The number of rotatable bonds is 16. The van der Waals surface area contributed by atoms with Gasteiger partial charge < -0.3 is 39.4 Å². The van der Waals surface area contributed by atoms with Gasteiger partial charge in [-0.2, -0.15) is 0 Å². The van der Waals surface area contributed by atoms with Gasteiger partial charge >= 0.3 is 17.9 Å². The lowest BCUT2D eigenvalue weighted by molar-refractivity contribution is -0.170. The van der Waals surface area contributed by atoms with Crippen LogP contribution in [0.1, 0.15) is 45.4 Å². The molecule has 1 aliphatic heterocycles. The highest BCUT2D eigenvalue weighted by Crippen LogP contribution is 2.15. The Morgan fingerprint density at radius 3 is 1.90 bits per heavy atom. The molecule has 0 saturated carbocycles. The molecule has 0 aliphatic carbocycles. The molecule has 1 aliphatic rings. The average molecular weight is 438 g/mol. The van der Waals surface area contributed by atoms with Gasteiger partial charge in [-0.25, -0.2) is 4.79 Å². The minimum atomic E-state index is -2.74. The number of hydrogen-bond donors (Lipinski definition) is 4. The summed E-state index contributed by atoms with van der Waals surface area (Å²) in [6.45, 7) is 7.23. The van der Waals surface area contributed by atoms with Gasteiger partial charge in [0.05, 0.1) is 52.0 Å². The van der Waals surface area contributed by atoms with E-state index in [0.717, 1.165) is 26.1 Å². The molecular weight excluding hydrogens is 404 g/mol. The molecule has 1 rings (SSSR count). The predicted molar refractivity (Wildman–Crippen MR) is 103 cm³/mol. The second-order valence-corrected chi connectivity index (χ2v) is 6.77. The molecule has 0 radical (unpaired) electrons. The smallest absolute Gasteiger partial charge is 0.336 e. The third-order valence-corrected chi connectivity index (χ3v) is 4.00. The van der Waals surface area contributed by atoms with Gasteiger partial charge in [0.15, 0.2) is 5.60 Å². The molecule has 0 bridgehead atoms. The molecule has 1 heterocycles. The van der Waals surface area contributed by atoms with Crippen molar-refractivity contribution in [3.05, 3.63) is 0 Å². The van der Waals surface area contributed by atoms with Gasteiger partial charge in [0.1, 0.15) is 0 Å². The van der Waals surface area contributed by atoms with E-state index in [0.29, 0.717) is 39.1 Å². The monoisotopic (exact) mass is 438 g/mol. The number of carboxylic acids is 3. The van der Waals surface area contributed by atoms with Crippen molar-refractivity contribution in [2.24, 2.45) is 0 Å². The van der Waals surface area contributed by atoms with Crippen LogP contribution in [-0.2, 0) is 33.3 Å². The topological polar surface area (TPSA) is 169 Å². The van der Waals surface area contributed by atoms with Gasteiger partial charge in [0, 0.05) is 13.2 Å². The highest BCUT2D eigenvalue weighted by atomic mass is 16.6. The lowest BCUT2D eigenvalue weighted by Crippen LogP contribution is -2.42. The number of hydrogen-bond acceptors (Lipinski definition) is 8. The van der Waals surface area contributed by atoms with E-state index >= 15 is 0 Å². The summed E-state index contributed by atoms with van der Waals surface area (Å²) in [7, 11) is 0. The Morgan fingerprint density at radius 2 is 1.47 bits per heavy atom. The van der Waals surface area contributed by atoms with Crippen LogP contribution in [-0.4, -0.2) is 96.3 Å². The summed E-state index contributed by atoms with van der Waals surface area (Å²) in [5.41, 5.74) is -2.74. The van der Waals surface area contributed by atoms with Gasteiger partial charge in [0.25, 0.3) is 0 Å². The minimum absolute atomic E-state index is 0.312. The molecule has 0 amide bonds. The normalized spacial score (nSPS) is 16.0. The largest absolute Gasteiger partial charge is 0.481 e. The van der Waals surface area contributed by atoms with Crippen molar-refractivity contribution < 1.29 is 53.8 Å². The Morgan fingerprint density at radius 1 is 0.933 bits per heavy atom. The lowest BCUT2D eigenvalue weighted by atomic mass is 9.96. The zero-order chi connectivity index (χ0) is 22.8. The molecule has 0 aromatic carbocycles. The van der Waals surface area contributed by atoms with E-state index in [4.69, 9.17) is 39.4 Å². The molecule has 1 atom stereocenters. The minimum Gasteiger partial charge on any atom is -0.481 e. The molecule has 0 aromatic heterocycles. The second-order valence-electron chi connectivity index (χ2n) is 6.77. The standard InChI is InChI=1S/C13H26O4.C6H8O7/c1-2-3-6-14-8-9-15-10-11-16-12-13-5-4-7-17-13;7-3(8)1-6(13,5(11)12)2-4(9)10/h13H,2-12H2,1H3;13H,1-2H2,(H,7,8)(H,9,10)(H,11,12). The van der Waals surface area contributed by atoms with Gasteiger partial charge in [0.2, 0.25) is 0 Å². The summed E-state index contributed by atoms with van der Waals surface area (Å²) in [4.78, 5) is 30.5. The molecule has 0 spiro atoms. The van der Waals surface area contributed by atoms with Crippen molar-refractivity contribution >= 4 is 17.9 Å². The Labute approximate surface area is 175 Å². The molecule has 176 valence electrons. The van der Waals surface area contributed by atoms with Crippen molar-refractivity contribution in [2.45, 2.75) is 57.2 Å². The van der Waals surface area contributed by atoms with Crippen LogP contribution in [0.3, 0.4) is 0 Å². The zero-order valence-electron chi connectivity index (χ0n) is 17.4. The number of carboxylic acid groups (broad SMARTS) is 3. The van der Waals surface area contributed by atoms with E-state index in [2.05, 4.69) is 6.92 Å². The molecule has 1 fully saturated rings. The van der Waals surface area contributed by atoms with E-state index in [1.807, 2.05) is 0 Å². The summed E-state index contributed by atoms with van der Waals surface area (Å²) >= 11 is 0. The first-order chi connectivity index (χ1) is 14.2. The van der Waals surface area contributed by atoms with Crippen LogP contribution in [0.2, 0.25) is 0 Å². The predicted octanol–water partition coefficient (Wildman–Crippen LogP) is 0.767. The van der Waals surface area contributed by atoms with Crippen LogP contribution in [0.15, 0.2) is 0 Å². The van der Waals surface area contributed by atoms with Gasteiger partial charge in [-0.3, -0.25) is 9.59 Å². The Balaban J connectivity index is 0.000000584.